The second-order valence-corrected chi connectivity index (χ2v) is 11.2. The maximum absolute atomic E-state index is 13.3. The largest absolute Gasteiger partial charge is 0.463 e. The number of esters is 1. The fraction of sp³-hybridized carbons (Fsp3) is 0.633. The van der Waals surface area contributed by atoms with Gasteiger partial charge in [0.15, 0.2) is 23.6 Å². The number of carbonyl (C=O) groups is 3. The van der Waals surface area contributed by atoms with E-state index >= 15 is 0 Å². The lowest BCUT2D eigenvalue weighted by atomic mass is 9.81. The molecule has 3 fully saturated rings. The average molecular weight is 542 g/mol. The SMILES string of the molecule is C#C[C@@]1(C)[C@@H](COC(Cc2ccc(N3CCC[C@H]3C(C)=O)cc2)(C(C)=O)C(=O)OCC)O[C@@H]2OC(C)(C)O[C@@H]21. The Kier molecular flexibility index (Phi) is 8.25. The van der Waals surface area contributed by atoms with Crippen molar-refractivity contribution in [2.45, 2.75) is 96.7 Å². The quantitative estimate of drug-likeness (QED) is 0.251. The van der Waals surface area contributed by atoms with E-state index in [-0.39, 0.29) is 31.5 Å². The van der Waals surface area contributed by atoms with Gasteiger partial charge in [-0.3, -0.25) is 9.59 Å². The Morgan fingerprint density at radius 3 is 2.44 bits per heavy atom. The summed E-state index contributed by atoms with van der Waals surface area (Å²) in [6.45, 7) is 10.7. The van der Waals surface area contributed by atoms with Crippen LogP contribution in [0, 0.1) is 17.8 Å². The molecule has 0 amide bonds. The van der Waals surface area contributed by atoms with Crippen molar-refractivity contribution < 1.29 is 38.1 Å². The molecule has 0 bridgehead atoms. The van der Waals surface area contributed by atoms with Gasteiger partial charge in [0.05, 0.1) is 24.7 Å². The van der Waals surface area contributed by atoms with Gasteiger partial charge in [0.1, 0.15) is 12.2 Å². The summed E-state index contributed by atoms with van der Waals surface area (Å²) in [5.74, 6) is 0.802. The molecule has 0 aliphatic carbocycles. The Balaban J connectivity index is 1.56. The van der Waals surface area contributed by atoms with Gasteiger partial charge >= 0.3 is 5.97 Å². The molecule has 212 valence electrons. The fourth-order valence-corrected chi connectivity index (χ4v) is 5.72. The summed E-state index contributed by atoms with van der Waals surface area (Å²) in [6, 6.07) is 7.36. The van der Waals surface area contributed by atoms with E-state index in [0.717, 1.165) is 25.1 Å². The highest BCUT2D eigenvalue weighted by Gasteiger charge is 2.61. The van der Waals surface area contributed by atoms with E-state index in [1.54, 1.807) is 27.7 Å². The lowest BCUT2D eigenvalue weighted by molar-refractivity contribution is -0.224. The minimum absolute atomic E-state index is 0.0377. The van der Waals surface area contributed by atoms with E-state index in [9.17, 15) is 14.4 Å². The molecule has 3 aliphatic heterocycles. The molecule has 4 rings (SSSR count). The summed E-state index contributed by atoms with van der Waals surface area (Å²) in [4.78, 5) is 40.5. The van der Waals surface area contributed by atoms with Crippen LogP contribution in [0.25, 0.3) is 0 Å². The van der Waals surface area contributed by atoms with Gasteiger partial charge in [-0.15, -0.1) is 6.42 Å². The Bertz CT molecular complexity index is 1140. The standard InChI is InChI=1S/C30H39NO8/c1-8-29(7)24(37-26-25(29)38-28(5,6)39-26)18-36-30(20(4)33,27(34)35-9-2)17-21-12-14-22(15-13-21)31-16-10-11-23(31)19(3)32/h1,12-15,23-26H,9-11,16-18H2,2-7H3/t23-,24+,25-,26+,29-,30?/m0/s1. The van der Waals surface area contributed by atoms with Crippen molar-refractivity contribution in [1.29, 1.82) is 0 Å². The summed E-state index contributed by atoms with van der Waals surface area (Å²) in [6.07, 6.45) is 5.75. The van der Waals surface area contributed by atoms with Crippen molar-refractivity contribution in [2.24, 2.45) is 5.41 Å². The molecule has 9 nitrogen and oxygen atoms in total. The maximum Gasteiger partial charge on any atom is 0.346 e. The Morgan fingerprint density at radius 1 is 1.15 bits per heavy atom. The van der Waals surface area contributed by atoms with Gasteiger partial charge in [0.2, 0.25) is 5.60 Å². The highest BCUT2D eigenvalue weighted by Crippen LogP contribution is 2.48. The number of ketones is 2. The molecule has 3 aliphatic rings. The molecule has 1 aromatic rings. The van der Waals surface area contributed by atoms with Crippen LogP contribution in [0.2, 0.25) is 0 Å². The minimum atomic E-state index is -1.90. The third-order valence-electron chi connectivity index (χ3n) is 8.03. The van der Waals surface area contributed by atoms with Crippen LogP contribution in [0.5, 0.6) is 0 Å². The topological polar surface area (TPSA) is 101 Å². The smallest absolute Gasteiger partial charge is 0.346 e. The molecule has 0 aromatic heterocycles. The van der Waals surface area contributed by atoms with Crippen LogP contribution in [-0.2, 0) is 44.5 Å². The summed E-state index contributed by atoms with van der Waals surface area (Å²) < 4.78 is 29.5. The molecule has 0 radical (unpaired) electrons. The lowest BCUT2D eigenvalue weighted by Crippen LogP contribution is -2.53. The summed E-state index contributed by atoms with van der Waals surface area (Å²) >= 11 is 0. The van der Waals surface area contributed by atoms with Crippen LogP contribution >= 0.6 is 0 Å². The molecule has 3 saturated heterocycles. The van der Waals surface area contributed by atoms with E-state index in [1.165, 1.54) is 6.92 Å². The van der Waals surface area contributed by atoms with E-state index < -0.39 is 47.1 Å². The highest BCUT2D eigenvalue weighted by molar-refractivity contribution is 6.06. The lowest BCUT2D eigenvalue weighted by Gasteiger charge is -2.34. The minimum Gasteiger partial charge on any atom is -0.463 e. The molecule has 1 unspecified atom stereocenters. The van der Waals surface area contributed by atoms with Crippen molar-refractivity contribution in [2.75, 3.05) is 24.7 Å². The van der Waals surface area contributed by atoms with E-state index in [4.69, 9.17) is 30.1 Å². The summed E-state index contributed by atoms with van der Waals surface area (Å²) in [5, 5.41) is 0. The van der Waals surface area contributed by atoms with Gasteiger partial charge in [0.25, 0.3) is 0 Å². The van der Waals surface area contributed by atoms with Crippen molar-refractivity contribution in [3.8, 4) is 12.3 Å². The van der Waals surface area contributed by atoms with Gasteiger partial charge in [-0.1, -0.05) is 18.1 Å². The molecule has 0 saturated carbocycles. The number of carbonyl (C=O) groups excluding carboxylic acids is 3. The molecule has 0 spiro atoms. The van der Waals surface area contributed by atoms with Crippen LogP contribution in [-0.4, -0.2) is 73.2 Å². The van der Waals surface area contributed by atoms with E-state index in [1.807, 2.05) is 31.2 Å². The van der Waals surface area contributed by atoms with Crippen LogP contribution in [0.4, 0.5) is 5.69 Å². The van der Waals surface area contributed by atoms with Crippen LogP contribution in [0.1, 0.15) is 59.9 Å². The van der Waals surface area contributed by atoms with Gasteiger partial charge in [0, 0.05) is 18.7 Å². The Hall–Kier alpha value is -2.77. The molecular formula is C30H39NO8. The van der Waals surface area contributed by atoms with E-state index in [2.05, 4.69) is 10.8 Å². The predicted octanol–water partition coefficient (Wildman–Crippen LogP) is 3.21. The fourth-order valence-electron chi connectivity index (χ4n) is 5.72. The van der Waals surface area contributed by atoms with Crippen molar-refractivity contribution >= 4 is 23.2 Å². The number of anilines is 1. The number of fused-ring (bicyclic) bond motifs is 1. The number of nitrogens with zero attached hydrogens (tertiary/aromatic N) is 1. The molecule has 0 N–H and O–H groups in total. The third kappa shape index (κ3) is 5.48. The highest BCUT2D eigenvalue weighted by atomic mass is 16.8. The first-order valence-corrected chi connectivity index (χ1v) is 13.5. The summed E-state index contributed by atoms with van der Waals surface area (Å²) in [5.41, 5.74) is -1.19. The Morgan fingerprint density at radius 2 is 1.85 bits per heavy atom. The number of terminal acetylenes is 1. The van der Waals surface area contributed by atoms with Crippen molar-refractivity contribution in [3.63, 3.8) is 0 Å². The second-order valence-electron chi connectivity index (χ2n) is 11.2. The first kappa shape index (κ1) is 29.2. The Labute approximate surface area is 230 Å². The van der Waals surface area contributed by atoms with Crippen molar-refractivity contribution in [3.05, 3.63) is 29.8 Å². The zero-order valence-electron chi connectivity index (χ0n) is 23.7. The molecule has 1 aromatic carbocycles. The first-order valence-electron chi connectivity index (χ1n) is 13.5. The predicted molar refractivity (Wildman–Crippen MR) is 143 cm³/mol. The zero-order chi connectivity index (χ0) is 28.6. The number of ether oxygens (including phenoxy) is 5. The molecule has 9 heteroatoms. The second kappa shape index (κ2) is 11.0. The van der Waals surface area contributed by atoms with Gasteiger partial charge in [-0.2, -0.15) is 0 Å². The third-order valence-corrected chi connectivity index (χ3v) is 8.03. The van der Waals surface area contributed by atoms with Gasteiger partial charge in [-0.25, -0.2) is 4.79 Å². The van der Waals surface area contributed by atoms with Gasteiger partial charge in [-0.05, 0) is 72.1 Å². The van der Waals surface area contributed by atoms with Gasteiger partial charge < -0.3 is 28.6 Å². The van der Waals surface area contributed by atoms with E-state index in [0.29, 0.717) is 5.56 Å². The number of rotatable bonds is 10. The zero-order valence-corrected chi connectivity index (χ0v) is 23.7. The summed E-state index contributed by atoms with van der Waals surface area (Å²) in [7, 11) is 0. The van der Waals surface area contributed by atoms with Crippen LogP contribution in [0.15, 0.2) is 24.3 Å². The van der Waals surface area contributed by atoms with Crippen LogP contribution in [0.3, 0.4) is 0 Å². The molecule has 39 heavy (non-hydrogen) atoms. The first-order chi connectivity index (χ1) is 18.4. The number of benzene rings is 1. The number of Topliss-reactive ketones (excluding diaryl/α,β-unsaturated/α-hetero) is 2. The number of hydrogen-bond acceptors (Lipinski definition) is 9. The average Bonchev–Trinajstić information content (AvgIpc) is 3.55. The molecule has 3 heterocycles. The number of hydrogen-bond donors (Lipinski definition) is 0. The van der Waals surface area contributed by atoms with Crippen LogP contribution < -0.4 is 4.90 Å². The monoisotopic (exact) mass is 541 g/mol. The maximum atomic E-state index is 13.3. The molecule has 6 atom stereocenters. The normalized spacial score (nSPS) is 30.8. The molecular weight excluding hydrogens is 502 g/mol. The van der Waals surface area contributed by atoms with Crippen molar-refractivity contribution in [1.82, 2.24) is 0 Å².